The minimum absolute atomic E-state index is 0.0112. The molecule has 2 rings (SSSR count). The van der Waals surface area contributed by atoms with Gasteiger partial charge in [-0.3, -0.25) is 14.4 Å². The molecule has 0 radical (unpaired) electrons. The first-order valence-electron chi connectivity index (χ1n) is 7.82. The Morgan fingerprint density at radius 2 is 1.88 bits per heavy atom. The van der Waals surface area contributed by atoms with Crippen molar-refractivity contribution in [3.05, 3.63) is 29.8 Å². The van der Waals surface area contributed by atoms with E-state index in [0.717, 1.165) is 0 Å². The van der Waals surface area contributed by atoms with Gasteiger partial charge in [-0.25, -0.2) is 13.1 Å². The lowest BCUT2D eigenvalue weighted by Crippen LogP contribution is -2.33. The highest BCUT2D eigenvalue weighted by atomic mass is 32.2. The molecule has 0 spiro atoms. The van der Waals surface area contributed by atoms with Gasteiger partial charge >= 0.3 is 5.97 Å². The smallest absolute Gasteiger partial charge is 0.308 e. The van der Waals surface area contributed by atoms with Crippen LogP contribution in [0.4, 0.5) is 0 Å². The number of Topliss-reactive ketones (excluding diaryl/α,β-unsaturated/α-hetero) is 1. The summed E-state index contributed by atoms with van der Waals surface area (Å²) in [6.07, 6.45) is 0.367. The summed E-state index contributed by atoms with van der Waals surface area (Å²) < 4.78 is 26.7. The predicted octanol–water partition coefficient (Wildman–Crippen LogP) is 0.491. The van der Waals surface area contributed by atoms with Crippen molar-refractivity contribution in [3.63, 3.8) is 0 Å². The van der Waals surface area contributed by atoms with Crippen LogP contribution in [0, 0.1) is 5.92 Å². The number of amides is 1. The van der Waals surface area contributed by atoms with Crippen LogP contribution in [0.5, 0.6) is 0 Å². The zero-order valence-corrected chi connectivity index (χ0v) is 14.6. The van der Waals surface area contributed by atoms with Gasteiger partial charge in [-0.2, -0.15) is 0 Å². The van der Waals surface area contributed by atoms with Gasteiger partial charge in [-0.05, 0) is 25.5 Å². The van der Waals surface area contributed by atoms with Crippen molar-refractivity contribution in [2.45, 2.75) is 24.7 Å². The van der Waals surface area contributed by atoms with Crippen molar-refractivity contribution in [1.82, 2.24) is 9.62 Å². The molecule has 2 N–H and O–H groups in total. The molecule has 1 saturated heterocycles. The number of benzene rings is 1. The lowest BCUT2D eigenvalue weighted by molar-refractivity contribution is -0.141. The molecule has 136 valence electrons. The Balaban J connectivity index is 1.87. The first-order chi connectivity index (χ1) is 11.7. The van der Waals surface area contributed by atoms with Crippen LogP contribution < -0.4 is 4.72 Å². The summed E-state index contributed by atoms with van der Waals surface area (Å²) in [5, 5.41) is 8.92. The van der Waals surface area contributed by atoms with E-state index in [-0.39, 0.29) is 36.1 Å². The molecular formula is C16H20N2O6S. The van der Waals surface area contributed by atoms with Gasteiger partial charge in [0.25, 0.3) is 0 Å². The number of hydrogen-bond acceptors (Lipinski definition) is 5. The molecule has 1 aliphatic heterocycles. The van der Waals surface area contributed by atoms with E-state index < -0.39 is 21.9 Å². The highest BCUT2D eigenvalue weighted by Gasteiger charge is 2.30. The van der Waals surface area contributed by atoms with E-state index >= 15 is 0 Å². The third-order valence-electron chi connectivity index (χ3n) is 4.09. The SMILES string of the molecule is CC(=O)c1ccc(S(=O)(=O)NCCC(=O)N2CCC(C(=O)O)C2)cc1. The standard InChI is InChI=1S/C16H20N2O6S/c1-11(19)12-2-4-14(5-3-12)25(23,24)17-8-6-15(20)18-9-7-13(10-18)16(21)22/h2-5,13,17H,6-10H2,1H3,(H,21,22). The molecule has 9 heteroatoms. The molecule has 1 amide bonds. The molecule has 1 fully saturated rings. The lowest BCUT2D eigenvalue weighted by Gasteiger charge is -2.16. The number of carboxylic acid groups (broad SMARTS) is 1. The molecule has 1 aliphatic rings. The molecule has 8 nitrogen and oxygen atoms in total. The number of likely N-dealkylation sites (tertiary alicyclic amines) is 1. The second-order valence-corrected chi connectivity index (χ2v) is 7.66. The molecule has 0 saturated carbocycles. The molecule has 0 bridgehead atoms. The minimum atomic E-state index is -3.77. The fraction of sp³-hybridized carbons (Fsp3) is 0.438. The number of nitrogens with zero attached hydrogens (tertiary/aromatic N) is 1. The molecular weight excluding hydrogens is 348 g/mol. The number of aliphatic carboxylic acids is 1. The number of hydrogen-bond donors (Lipinski definition) is 2. The van der Waals surface area contributed by atoms with Crippen LogP contribution in [-0.4, -0.2) is 55.7 Å². The monoisotopic (exact) mass is 368 g/mol. The van der Waals surface area contributed by atoms with E-state index in [4.69, 9.17) is 5.11 Å². The molecule has 1 heterocycles. The first-order valence-corrected chi connectivity index (χ1v) is 9.30. The number of carbonyl (C=O) groups excluding carboxylic acids is 2. The van der Waals surface area contributed by atoms with E-state index in [9.17, 15) is 22.8 Å². The number of sulfonamides is 1. The van der Waals surface area contributed by atoms with Gasteiger partial charge in [0.2, 0.25) is 15.9 Å². The van der Waals surface area contributed by atoms with Gasteiger partial charge in [0, 0.05) is 31.6 Å². The molecule has 25 heavy (non-hydrogen) atoms. The van der Waals surface area contributed by atoms with Crippen LogP contribution in [0.25, 0.3) is 0 Å². The van der Waals surface area contributed by atoms with Crippen LogP contribution >= 0.6 is 0 Å². The summed E-state index contributed by atoms with van der Waals surface area (Å²) in [6, 6.07) is 5.52. The summed E-state index contributed by atoms with van der Waals surface area (Å²) in [7, 11) is -3.77. The van der Waals surface area contributed by atoms with Crippen LogP contribution in [0.15, 0.2) is 29.2 Å². The quantitative estimate of drug-likeness (QED) is 0.676. The van der Waals surface area contributed by atoms with Gasteiger partial charge in [0.15, 0.2) is 5.78 Å². The van der Waals surface area contributed by atoms with Crippen LogP contribution in [0.1, 0.15) is 30.1 Å². The van der Waals surface area contributed by atoms with Crippen molar-refractivity contribution >= 4 is 27.7 Å². The van der Waals surface area contributed by atoms with Gasteiger partial charge < -0.3 is 10.0 Å². The van der Waals surface area contributed by atoms with Gasteiger partial charge in [-0.15, -0.1) is 0 Å². The molecule has 0 aromatic heterocycles. The Hall–Kier alpha value is -2.26. The van der Waals surface area contributed by atoms with E-state index in [1.54, 1.807) is 0 Å². The van der Waals surface area contributed by atoms with Crippen molar-refractivity contribution in [2.24, 2.45) is 5.92 Å². The maximum absolute atomic E-state index is 12.2. The van der Waals surface area contributed by atoms with Crippen molar-refractivity contribution < 1.29 is 27.9 Å². The Morgan fingerprint density at radius 1 is 1.24 bits per heavy atom. The average Bonchev–Trinajstić information content (AvgIpc) is 3.05. The second-order valence-electron chi connectivity index (χ2n) is 5.89. The van der Waals surface area contributed by atoms with Crippen LogP contribution in [-0.2, 0) is 19.6 Å². The first kappa shape index (κ1) is 19.1. The predicted molar refractivity (Wildman–Crippen MR) is 88.6 cm³/mol. The Bertz CT molecular complexity index is 772. The Kier molecular flexibility index (Phi) is 5.91. The number of nitrogens with one attached hydrogen (secondary N) is 1. The highest BCUT2D eigenvalue weighted by molar-refractivity contribution is 7.89. The van der Waals surface area contributed by atoms with Gasteiger partial charge in [0.05, 0.1) is 10.8 Å². The fourth-order valence-electron chi connectivity index (χ4n) is 2.59. The summed E-state index contributed by atoms with van der Waals surface area (Å²) in [5.74, 6) is -1.92. The topological polar surface area (TPSA) is 121 Å². The third kappa shape index (κ3) is 4.86. The van der Waals surface area contributed by atoms with Gasteiger partial charge in [0.1, 0.15) is 0 Å². The van der Waals surface area contributed by atoms with Crippen molar-refractivity contribution in [2.75, 3.05) is 19.6 Å². The highest BCUT2D eigenvalue weighted by Crippen LogP contribution is 2.17. The summed E-state index contributed by atoms with van der Waals surface area (Å²) >= 11 is 0. The van der Waals surface area contributed by atoms with E-state index in [2.05, 4.69) is 4.72 Å². The Morgan fingerprint density at radius 3 is 2.40 bits per heavy atom. The number of carbonyl (C=O) groups is 3. The zero-order chi connectivity index (χ0) is 18.6. The molecule has 1 unspecified atom stereocenters. The largest absolute Gasteiger partial charge is 0.481 e. The Labute approximate surface area is 145 Å². The van der Waals surface area contributed by atoms with E-state index in [1.165, 1.54) is 36.1 Å². The van der Waals surface area contributed by atoms with Crippen LogP contribution in [0.3, 0.4) is 0 Å². The van der Waals surface area contributed by atoms with Crippen molar-refractivity contribution in [1.29, 1.82) is 0 Å². The number of ketones is 1. The average molecular weight is 368 g/mol. The maximum atomic E-state index is 12.2. The van der Waals surface area contributed by atoms with Crippen molar-refractivity contribution in [3.8, 4) is 0 Å². The minimum Gasteiger partial charge on any atom is -0.481 e. The number of carboxylic acids is 1. The molecule has 1 atom stereocenters. The molecule has 1 aromatic rings. The normalized spacial score (nSPS) is 17.5. The zero-order valence-electron chi connectivity index (χ0n) is 13.8. The third-order valence-corrected chi connectivity index (χ3v) is 5.57. The van der Waals surface area contributed by atoms with Gasteiger partial charge in [-0.1, -0.05) is 12.1 Å². The molecule has 0 aliphatic carbocycles. The summed E-state index contributed by atoms with van der Waals surface area (Å²) in [4.78, 5) is 35.6. The van der Waals surface area contributed by atoms with E-state index in [1.807, 2.05) is 0 Å². The second kappa shape index (κ2) is 7.75. The maximum Gasteiger partial charge on any atom is 0.308 e. The fourth-order valence-corrected chi connectivity index (χ4v) is 3.62. The molecule has 1 aromatic carbocycles. The summed E-state index contributed by atoms with van der Waals surface area (Å²) in [5.41, 5.74) is 0.413. The summed E-state index contributed by atoms with van der Waals surface area (Å²) in [6.45, 7) is 1.84. The lowest BCUT2D eigenvalue weighted by atomic mass is 10.1. The van der Waals surface area contributed by atoms with Crippen LogP contribution in [0.2, 0.25) is 0 Å². The van der Waals surface area contributed by atoms with E-state index in [0.29, 0.717) is 18.5 Å². The number of rotatable bonds is 7.